The van der Waals surface area contributed by atoms with E-state index >= 15 is 0 Å². The van der Waals surface area contributed by atoms with Crippen molar-refractivity contribution in [1.82, 2.24) is 4.98 Å². The summed E-state index contributed by atoms with van der Waals surface area (Å²) < 4.78 is 11.4. The van der Waals surface area contributed by atoms with Crippen LogP contribution in [0.5, 0.6) is 0 Å². The molecule has 2 heterocycles. The van der Waals surface area contributed by atoms with Crippen molar-refractivity contribution >= 4 is 11.7 Å². The standard InChI is InChI=1S/C14H20N2O3/c1-13(2)7-11(14(3,4)19-13)18-12(17)10-6-5-9(15)8-16-10/h5-6,8,11H,7,15H2,1-4H3. The highest BCUT2D eigenvalue weighted by molar-refractivity contribution is 5.87. The van der Waals surface area contributed by atoms with Crippen LogP contribution in [0.4, 0.5) is 5.69 Å². The van der Waals surface area contributed by atoms with E-state index in [9.17, 15) is 4.79 Å². The van der Waals surface area contributed by atoms with E-state index in [2.05, 4.69) is 4.98 Å². The van der Waals surface area contributed by atoms with E-state index in [-0.39, 0.29) is 17.4 Å². The van der Waals surface area contributed by atoms with Crippen molar-refractivity contribution in [2.45, 2.75) is 51.4 Å². The summed E-state index contributed by atoms with van der Waals surface area (Å²) in [5, 5.41) is 0. The second-order valence-electron chi connectivity index (χ2n) is 6.04. The van der Waals surface area contributed by atoms with Gasteiger partial charge in [-0.1, -0.05) is 0 Å². The lowest BCUT2D eigenvalue weighted by molar-refractivity contribution is -0.0925. The minimum Gasteiger partial charge on any atom is -0.454 e. The Labute approximate surface area is 113 Å². The van der Waals surface area contributed by atoms with E-state index in [1.165, 1.54) is 6.20 Å². The number of hydrogen-bond acceptors (Lipinski definition) is 5. The molecule has 19 heavy (non-hydrogen) atoms. The molecule has 5 nitrogen and oxygen atoms in total. The zero-order valence-electron chi connectivity index (χ0n) is 11.8. The number of hydrogen-bond donors (Lipinski definition) is 1. The molecule has 0 radical (unpaired) electrons. The van der Waals surface area contributed by atoms with Gasteiger partial charge in [-0.25, -0.2) is 9.78 Å². The summed E-state index contributed by atoms with van der Waals surface area (Å²) >= 11 is 0. The number of rotatable bonds is 2. The lowest BCUT2D eigenvalue weighted by Gasteiger charge is -2.26. The van der Waals surface area contributed by atoms with Gasteiger partial charge in [0.05, 0.1) is 17.5 Å². The highest BCUT2D eigenvalue weighted by atomic mass is 16.6. The quantitative estimate of drug-likeness (QED) is 0.828. The molecular weight excluding hydrogens is 244 g/mol. The predicted molar refractivity (Wildman–Crippen MR) is 71.7 cm³/mol. The van der Waals surface area contributed by atoms with Gasteiger partial charge < -0.3 is 15.2 Å². The summed E-state index contributed by atoms with van der Waals surface area (Å²) in [6.07, 6.45) is 1.83. The predicted octanol–water partition coefficient (Wildman–Crippen LogP) is 2.17. The normalized spacial score (nSPS) is 24.1. The van der Waals surface area contributed by atoms with Gasteiger partial charge in [-0.3, -0.25) is 0 Å². The SMILES string of the molecule is CC1(C)CC(OC(=O)c2ccc(N)cn2)C(C)(C)O1. The maximum absolute atomic E-state index is 12.0. The molecule has 1 aliphatic rings. The second-order valence-corrected chi connectivity index (χ2v) is 6.04. The van der Waals surface area contributed by atoms with E-state index in [4.69, 9.17) is 15.2 Å². The molecule has 1 saturated heterocycles. The number of nitrogens with two attached hydrogens (primary N) is 1. The van der Waals surface area contributed by atoms with Gasteiger partial charge in [-0.2, -0.15) is 0 Å². The molecule has 0 spiro atoms. The van der Waals surface area contributed by atoms with Gasteiger partial charge in [-0.15, -0.1) is 0 Å². The molecule has 1 unspecified atom stereocenters. The maximum atomic E-state index is 12.0. The molecule has 0 aromatic carbocycles. The van der Waals surface area contributed by atoms with Crippen LogP contribution < -0.4 is 5.73 Å². The molecule has 1 aromatic rings. The molecule has 5 heteroatoms. The monoisotopic (exact) mass is 264 g/mol. The van der Waals surface area contributed by atoms with Crippen LogP contribution in [-0.2, 0) is 9.47 Å². The van der Waals surface area contributed by atoms with Gasteiger partial charge in [0, 0.05) is 6.42 Å². The Hall–Kier alpha value is -1.62. The van der Waals surface area contributed by atoms with Gasteiger partial charge in [0.15, 0.2) is 0 Å². The molecule has 1 atom stereocenters. The highest BCUT2D eigenvalue weighted by Gasteiger charge is 2.48. The summed E-state index contributed by atoms with van der Waals surface area (Å²) in [6.45, 7) is 7.83. The van der Waals surface area contributed by atoms with Gasteiger partial charge in [0.25, 0.3) is 0 Å². The van der Waals surface area contributed by atoms with Crippen LogP contribution in [0.15, 0.2) is 18.3 Å². The Bertz CT molecular complexity index is 480. The van der Waals surface area contributed by atoms with Crippen LogP contribution in [0.3, 0.4) is 0 Å². The Morgan fingerprint density at radius 3 is 2.58 bits per heavy atom. The Morgan fingerprint density at radius 1 is 1.42 bits per heavy atom. The number of esters is 1. The van der Waals surface area contributed by atoms with Crippen LogP contribution >= 0.6 is 0 Å². The smallest absolute Gasteiger partial charge is 0.357 e. The van der Waals surface area contributed by atoms with Crippen LogP contribution in [0.2, 0.25) is 0 Å². The van der Waals surface area contributed by atoms with Crippen LogP contribution in [-0.4, -0.2) is 28.3 Å². The zero-order valence-corrected chi connectivity index (χ0v) is 11.8. The van der Waals surface area contributed by atoms with Crippen LogP contribution in [0.25, 0.3) is 0 Å². The minimum absolute atomic E-state index is 0.259. The molecule has 2 N–H and O–H groups in total. The third kappa shape index (κ3) is 3.04. The van der Waals surface area contributed by atoms with E-state index < -0.39 is 11.6 Å². The summed E-state index contributed by atoms with van der Waals surface area (Å²) in [5.74, 6) is -0.445. The van der Waals surface area contributed by atoms with Crippen LogP contribution in [0, 0.1) is 0 Å². The van der Waals surface area contributed by atoms with Crippen molar-refractivity contribution in [2.75, 3.05) is 5.73 Å². The Morgan fingerprint density at radius 2 is 2.11 bits per heavy atom. The van der Waals surface area contributed by atoms with Crippen molar-refractivity contribution in [3.05, 3.63) is 24.0 Å². The first-order chi connectivity index (χ1) is 8.70. The van der Waals surface area contributed by atoms with E-state index in [0.29, 0.717) is 12.1 Å². The molecule has 1 aliphatic heterocycles. The molecule has 0 saturated carbocycles. The first kappa shape index (κ1) is 13.8. The average Bonchev–Trinajstić information content (AvgIpc) is 2.47. The van der Waals surface area contributed by atoms with Gasteiger partial charge in [-0.05, 0) is 39.8 Å². The topological polar surface area (TPSA) is 74.4 Å². The fourth-order valence-corrected chi connectivity index (χ4v) is 2.41. The van der Waals surface area contributed by atoms with Gasteiger partial charge in [0.2, 0.25) is 0 Å². The summed E-state index contributed by atoms with van der Waals surface area (Å²) in [5.41, 5.74) is 5.53. The number of ether oxygens (including phenoxy) is 2. The second kappa shape index (κ2) is 4.49. The number of nitrogens with zero attached hydrogens (tertiary/aromatic N) is 1. The summed E-state index contributed by atoms with van der Waals surface area (Å²) in [6, 6.07) is 3.19. The first-order valence-electron chi connectivity index (χ1n) is 6.32. The zero-order chi connectivity index (χ0) is 14.3. The van der Waals surface area contributed by atoms with E-state index in [1.807, 2.05) is 27.7 Å². The Kier molecular flexibility index (Phi) is 3.26. The molecule has 1 fully saturated rings. The van der Waals surface area contributed by atoms with Crippen LogP contribution in [0.1, 0.15) is 44.6 Å². The summed E-state index contributed by atoms with van der Waals surface area (Å²) in [7, 11) is 0. The number of nitrogen functional groups attached to an aromatic ring is 1. The summed E-state index contributed by atoms with van der Waals surface area (Å²) in [4.78, 5) is 16.0. The van der Waals surface area contributed by atoms with Crippen molar-refractivity contribution < 1.29 is 14.3 Å². The van der Waals surface area contributed by atoms with Crippen molar-refractivity contribution in [3.63, 3.8) is 0 Å². The highest BCUT2D eigenvalue weighted by Crippen LogP contribution is 2.39. The number of pyridine rings is 1. The maximum Gasteiger partial charge on any atom is 0.357 e. The molecule has 2 rings (SSSR count). The average molecular weight is 264 g/mol. The molecular formula is C14H20N2O3. The number of anilines is 1. The fourth-order valence-electron chi connectivity index (χ4n) is 2.41. The number of aromatic nitrogens is 1. The van der Waals surface area contributed by atoms with E-state index in [1.54, 1.807) is 12.1 Å². The largest absolute Gasteiger partial charge is 0.454 e. The van der Waals surface area contributed by atoms with Gasteiger partial charge in [0.1, 0.15) is 17.4 Å². The first-order valence-corrected chi connectivity index (χ1v) is 6.32. The van der Waals surface area contributed by atoms with Crippen molar-refractivity contribution in [1.29, 1.82) is 0 Å². The van der Waals surface area contributed by atoms with Crippen molar-refractivity contribution in [3.8, 4) is 0 Å². The van der Waals surface area contributed by atoms with Crippen molar-refractivity contribution in [2.24, 2.45) is 0 Å². The minimum atomic E-state index is -0.493. The molecule has 0 aliphatic carbocycles. The lowest BCUT2D eigenvalue weighted by Crippen LogP contribution is -2.36. The van der Waals surface area contributed by atoms with Gasteiger partial charge >= 0.3 is 5.97 Å². The fraction of sp³-hybridized carbons (Fsp3) is 0.571. The third-order valence-corrected chi connectivity index (χ3v) is 3.24. The lowest BCUT2D eigenvalue weighted by atomic mass is 9.97. The van der Waals surface area contributed by atoms with E-state index in [0.717, 1.165) is 0 Å². The number of carbonyl (C=O) groups excluding carboxylic acids is 1. The molecule has 104 valence electrons. The number of carbonyl (C=O) groups is 1. The molecule has 1 aromatic heterocycles. The Balaban J connectivity index is 2.09. The molecule has 0 amide bonds. The third-order valence-electron chi connectivity index (χ3n) is 3.24. The molecule has 0 bridgehead atoms.